The molecular weight excluding hydrogens is 394 g/mol. The molecular formula is C17H27BrClN3O2. The molecule has 0 bridgehead atoms. The molecule has 0 saturated heterocycles. The SMILES string of the molecule is CCCNCCNC(=O)C(NC(=O)c1ccccc1Br)C(C)C.Cl. The maximum atomic E-state index is 12.4. The van der Waals surface area contributed by atoms with Crippen LogP contribution in [0.5, 0.6) is 0 Å². The van der Waals surface area contributed by atoms with E-state index in [4.69, 9.17) is 0 Å². The van der Waals surface area contributed by atoms with Crippen LogP contribution in [0, 0.1) is 5.92 Å². The van der Waals surface area contributed by atoms with Gasteiger partial charge in [0.15, 0.2) is 0 Å². The Hall–Kier alpha value is -1.11. The summed E-state index contributed by atoms with van der Waals surface area (Å²) < 4.78 is 0.712. The predicted octanol–water partition coefficient (Wildman–Crippen LogP) is 2.74. The molecule has 0 fully saturated rings. The number of carbonyl (C=O) groups is 2. The van der Waals surface area contributed by atoms with E-state index in [1.54, 1.807) is 18.2 Å². The molecule has 0 aliphatic heterocycles. The molecule has 0 aliphatic rings. The molecule has 7 heteroatoms. The monoisotopic (exact) mass is 419 g/mol. The van der Waals surface area contributed by atoms with Crippen LogP contribution >= 0.6 is 28.3 Å². The van der Waals surface area contributed by atoms with E-state index in [0.29, 0.717) is 16.6 Å². The highest BCUT2D eigenvalue weighted by Crippen LogP contribution is 2.16. The zero-order chi connectivity index (χ0) is 17.2. The van der Waals surface area contributed by atoms with Gasteiger partial charge in [-0.3, -0.25) is 9.59 Å². The summed E-state index contributed by atoms with van der Waals surface area (Å²) in [6.07, 6.45) is 1.06. The number of halogens is 2. The fourth-order valence-corrected chi connectivity index (χ4v) is 2.55. The molecule has 1 unspecified atom stereocenters. The first-order valence-corrected chi connectivity index (χ1v) is 8.80. The third-order valence-electron chi connectivity index (χ3n) is 3.38. The maximum Gasteiger partial charge on any atom is 0.253 e. The van der Waals surface area contributed by atoms with Crippen molar-refractivity contribution in [1.29, 1.82) is 0 Å². The summed E-state index contributed by atoms with van der Waals surface area (Å²) in [6.45, 7) is 8.13. The number of carbonyl (C=O) groups excluding carboxylic acids is 2. The van der Waals surface area contributed by atoms with Crippen LogP contribution in [0.25, 0.3) is 0 Å². The van der Waals surface area contributed by atoms with Gasteiger partial charge in [-0.1, -0.05) is 32.9 Å². The largest absolute Gasteiger partial charge is 0.353 e. The van der Waals surface area contributed by atoms with Gasteiger partial charge in [-0.05, 0) is 46.9 Å². The molecule has 0 saturated carbocycles. The topological polar surface area (TPSA) is 70.2 Å². The van der Waals surface area contributed by atoms with Crippen molar-refractivity contribution in [2.24, 2.45) is 5.92 Å². The molecule has 0 spiro atoms. The highest BCUT2D eigenvalue weighted by molar-refractivity contribution is 9.10. The van der Waals surface area contributed by atoms with Gasteiger partial charge in [-0.15, -0.1) is 12.4 Å². The third-order valence-corrected chi connectivity index (χ3v) is 4.07. The van der Waals surface area contributed by atoms with Crippen molar-refractivity contribution < 1.29 is 9.59 Å². The molecule has 0 aromatic heterocycles. The highest BCUT2D eigenvalue weighted by Gasteiger charge is 2.24. The fraction of sp³-hybridized carbons (Fsp3) is 0.529. The zero-order valence-corrected chi connectivity index (χ0v) is 16.8. The Balaban J connectivity index is 0.00000529. The molecule has 1 rings (SSSR count). The molecule has 1 aromatic rings. The normalized spacial score (nSPS) is 11.5. The lowest BCUT2D eigenvalue weighted by atomic mass is 10.0. The van der Waals surface area contributed by atoms with Gasteiger partial charge in [-0.2, -0.15) is 0 Å². The van der Waals surface area contributed by atoms with Crippen LogP contribution < -0.4 is 16.0 Å². The number of amides is 2. The molecule has 1 atom stereocenters. The average Bonchev–Trinajstić information content (AvgIpc) is 2.52. The van der Waals surface area contributed by atoms with E-state index in [0.717, 1.165) is 19.5 Å². The van der Waals surface area contributed by atoms with Gasteiger partial charge in [0, 0.05) is 17.6 Å². The first-order chi connectivity index (χ1) is 11.0. The summed E-state index contributed by atoms with van der Waals surface area (Å²) >= 11 is 3.36. The van der Waals surface area contributed by atoms with Crippen molar-refractivity contribution in [3.8, 4) is 0 Å². The minimum Gasteiger partial charge on any atom is -0.353 e. The number of benzene rings is 1. The molecule has 2 amide bonds. The standard InChI is InChI=1S/C17H26BrN3O2.ClH/c1-4-9-19-10-11-20-17(23)15(12(2)3)21-16(22)13-7-5-6-8-14(13)18;/h5-8,12,15,19H,4,9-11H2,1-3H3,(H,20,23)(H,21,22);1H. The van der Waals surface area contributed by atoms with Crippen LogP contribution in [0.3, 0.4) is 0 Å². The minimum absolute atomic E-state index is 0. The van der Waals surface area contributed by atoms with Gasteiger partial charge >= 0.3 is 0 Å². The molecule has 24 heavy (non-hydrogen) atoms. The fourth-order valence-electron chi connectivity index (χ4n) is 2.09. The second-order valence-electron chi connectivity index (χ2n) is 5.72. The first kappa shape index (κ1) is 22.9. The zero-order valence-electron chi connectivity index (χ0n) is 14.4. The Morgan fingerprint density at radius 1 is 1.12 bits per heavy atom. The summed E-state index contributed by atoms with van der Waals surface area (Å²) in [5.74, 6) is -0.404. The van der Waals surface area contributed by atoms with Gasteiger partial charge in [0.2, 0.25) is 5.91 Å². The third kappa shape index (κ3) is 7.64. The van der Waals surface area contributed by atoms with Crippen molar-refractivity contribution in [2.45, 2.75) is 33.2 Å². The second-order valence-corrected chi connectivity index (χ2v) is 6.57. The van der Waals surface area contributed by atoms with E-state index in [2.05, 4.69) is 38.8 Å². The first-order valence-electron chi connectivity index (χ1n) is 8.01. The molecule has 1 aromatic carbocycles. The maximum absolute atomic E-state index is 12.4. The molecule has 136 valence electrons. The van der Waals surface area contributed by atoms with Gasteiger partial charge in [0.25, 0.3) is 5.91 Å². The van der Waals surface area contributed by atoms with Crippen molar-refractivity contribution in [2.75, 3.05) is 19.6 Å². The Morgan fingerprint density at radius 3 is 2.38 bits per heavy atom. The van der Waals surface area contributed by atoms with Gasteiger partial charge in [0.1, 0.15) is 6.04 Å². The second kappa shape index (κ2) is 12.3. The number of hydrogen-bond donors (Lipinski definition) is 3. The Bertz CT molecular complexity index is 526. The Labute approximate surface area is 158 Å². The van der Waals surface area contributed by atoms with Gasteiger partial charge in [0.05, 0.1) is 5.56 Å². The summed E-state index contributed by atoms with van der Waals surface area (Å²) in [5.41, 5.74) is 0.524. The van der Waals surface area contributed by atoms with Crippen molar-refractivity contribution in [3.05, 3.63) is 34.3 Å². The van der Waals surface area contributed by atoms with Crippen molar-refractivity contribution in [3.63, 3.8) is 0 Å². The minimum atomic E-state index is -0.555. The molecule has 0 radical (unpaired) electrons. The summed E-state index contributed by atoms with van der Waals surface area (Å²) in [7, 11) is 0. The predicted molar refractivity (Wildman–Crippen MR) is 104 cm³/mol. The number of nitrogens with one attached hydrogen (secondary N) is 3. The van der Waals surface area contributed by atoms with Crippen LogP contribution in [0.4, 0.5) is 0 Å². The lowest BCUT2D eigenvalue weighted by molar-refractivity contribution is -0.123. The van der Waals surface area contributed by atoms with E-state index in [-0.39, 0.29) is 30.1 Å². The molecule has 3 N–H and O–H groups in total. The summed E-state index contributed by atoms with van der Waals surface area (Å²) in [4.78, 5) is 24.7. The van der Waals surface area contributed by atoms with E-state index < -0.39 is 6.04 Å². The van der Waals surface area contributed by atoms with Crippen LogP contribution in [0.15, 0.2) is 28.7 Å². The number of rotatable bonds is 9. The molecule has 5 nitrogen and oxygen atoms in total. The summed E-state index contributed by atoms with van der Waals surface area (Å²) in [5, 5.41) is 8.91. The van der Waals surface area contributed by atoms with Crippen LogP contribution in [0.1, 0.15) is 37.6 Å². The van der Waals surface area contributed by atoms with E-state index in [9.17, 15) is 9.59 Å². The van der Waals surface area contributed by atoms with Gasteiger partial charge < -0.3 is 16.0 Å². The summed E-state index contributed by atoms with van der Waals surface area (Å²) in [6, 6.07) is 6.61. The van der Waals surface area contributed by atoms with Crippen LogP contribution in [0.2, 0.25) is 0 Å². The lowest BCUT2D eigenvalue weighted by Gasteiger charge is -2.22. The smallest absolute Gasteiger partial charge is 0.253 e. The average molecular weight is 421 g/mol. The Morgan fingerprint density at radius 2 is 1.79 bits per heavy atom. The van der Waals surface area contributed by atoms with Crippen LogP contribution in [-0.4, -0.2) is 37.5 Å². The lowest BCUT2D eigenvalue weighted by Crippen LogP contribution is -2.50. The Kier molecular flexibility index (Phi) is 11.7. The van der Waals surface area contributed by atoms with Gasteiger partial charge in [-0.25, -0.2) is 0 Å². The van der Waals surface area contributed by atoms with Crippen LogP contribution in [-0.2, 0) is 4.79 Å². The highest BCUT2D eigenvalue weighted by atomic mass is 79.9. The quantitative estimate of drug-likeness (QED) is 0.538. The van der Waals surface area contributed by atoms with E-state index >= 15 is 0 Å². The van der Waals surface area contributed by atoms with Crippen molar-refractivity contribution >= 4 is 40.2 Å². The van der Waals surface area contributed by atoms with Crippen molar-refractivity contribution in [1.82, 2.24) is 16.0 Å². The van der Waals surface area contributed by atoms with E-state index in [1.165, 1.54) is 0 Å². The number of hydrogen-bond acceptors (Lipinski definition) is 3. The molecule has 0 aliphatic carbocycles. The molecule has 0 heterocycles. The van der Waals surface area contributed by atoms with E-state index in [1.807, 2.05) is 19.9 Å².